The second-order valence-electron chi connectivity index (χ2n) is 6.71. The zero-order chi connectivity index (χ0) is 20.7. The molecule has 1 aromatic carbocycles. The molecule has 0 spiro atoms. The maximum Gasteiger partial charge on any atom is 0.336 e. The molecule has 0 aromatic heterocycles. The van der Waals surface area contributed by atoms with E-state index in [0.717, 1.165) is 11.1 Å². The number of hydrogen-bond acceptors (Lipinski definition) is 5. The molecule has 1 aromatic rings. The number of methoxy groups -OCH3 is 1. The first-order valence-corrected chi connectivity index (χ1v) is 9.39. The highest BCUT2D eigenvalue weighted by Crippen LogP contribution is 2.37. The summed E-state index contributed by atoms with van der Waals surface area (Å²) in [7, 11) is 1.55. The molecule has 1 aliphatic heterocycles. The van der Waals surface area contributed by atoms with Crippen molar-refractivity contribution in [3.63, 3.8) is 0 Å². The third-order valence-corrected chi connectivity index (χ3v) is 4.73. The van der Waals surface area contributed by atoms with Gasteiger partial charge in [-0.25, -0.2) is 4.79 Å². The lowest BCUT2D eigenvalue weighted by molar-refractivity contribution is -0.141. The molecule has 0 bridgehead atoms. The van der Waals surface area contributed by atoms with E-state index in [0.29, 0.717) is 24.4 Å². The molecule has 1 atom stereocenters. The summed E-state index contributed by atoms with van der Waals surface area (Å²) in [5.41, 5.74) is 2.86. The number of ether oxygens (including phenoxy) is 2. The van der Waals surface area contributed by atoms with E-state index in [4.69, 9.17) is 9.47 Å². The number of carbonyl (C=O) groups excluding carboxylic acids is 3. The van der Waals surface area contributed by atoms with Gasteiger partial charge in [-0.2, -0.15) is 0 Å². The first-order valence-electron chi connectivity index (χ1n) is 9.39. The number of rotatable bonds is 8. The zero-order valence-corrected chi connectivity index (χ0v) is 16.9. The van der Waals surface area contributed by atoms with Gasteiger partial charge in [0, 0.05) is 31.7 Å². The van der Waals surface area contributed by atoms with Crippen LogP contribution in [0.4, 0.5) is 0 Å². The van der Waals surface area contributed by atoms with Crippen LogP contribution in [0.3, 0.4) is 0 Å². The minimum atomic E-state index is -0.456. The highest BCUT2D eigenvalue weighted by molar-refractivity contribution is 5.97. The van der Waals surface area contributed by atoms with E-state index in [-0.39, 0.29) is 37.3 Å². The number of esters is 1. The predicted molar refractivity (Wildman–Crippen MR) is 104 cm³/mol. The van der Waals surface area contributed by atoms with Crippen LogP contribution in [0.15, 0.2) is 35.5 Å². The van der Waals surface area contributed by atoms with Crippen molar-refractivity contribution in [3.05, 3.63) is 46.7 Å². The van der Waals surface area contributed by atoms with Gasteiger partial charge in [0.25, 0.3) is 0 Å². The van der Waals surface area contributed by atoms with Gasteiger partial charge < -0.3 is 19.7 Å². The topological polar surface area (TPSA) is 84.9 Å². The van der Waals surface area contributed by atoms with Gasteiger partial charge in [0.05, 0.1) is 18.8 Å². The minimum absolute atomic E-state index is 0.111. The molecule has 0 saturated carbocycles. The number of hydrogen-bond donors (Lipinski definition) is 1. The monoisotopic (exact) mass is 388 g/mol. The van der Waals surface area contributed by atoms with E-state index < -0.39 is 5.97 Å². The summed E-state index contributed by atoms with van der Waals surface area (Å²) in [6, 6.07) is 7.75. The van der Waals surface area contributed by atoms with Gasteiger partial charge in [0.1, 0.15) is 6.54 Å². The maximum absolute atomic E-state index is 12.8. The largest absolute Gasteiger partial charge is 0.463 e. The van der Waals surface area contributed by atoms with Crippen LogP contribution in [-0.2, 0) is 23.9 Å². The van der Waals surface area contributed by atoms with Crippen LogP contribution in [0.2, 0.25) is 0 Å². The van der Waals surface area contributed by atoms with Crippen molar-refractivity contribution in [1.29, 1.82) is 0 Å². The molecule has 1 heterocycles. The van der Waals surface area contributed by atoms with Crippen LogP contribution in [0.25, 0.3) is 0 Å². The second-order valence-corrected chi connectivity index (χ2v) is 6.71. The summed E-state index contributed by atoms with van der Waals surface area (Å²) in [5.74, 6) is -1.34. The van der Waals surface area contributed by atoms with Gasteiger partial charge in [-0.15, -0.1) is 0 Å². The molecule has 1 unspecified atom stereocenters. The number of allylic oxidation sites excluding steroid dienone is 1. The molecule has 0 aliphatic carbocycles. The Hall–Kier alpha value is -2.67. The van der Waals surface area contributed by atoms with Crippen molar-refractivity contribution in [2.24, 2.45) is 0 Å². The average molecular weight is 388 g/mol. The molecule has 0 saturated heterocycles. The van der Waals surface area contributed by atoms with Crippen molar-refractivity contribution in [1.82, 2.24) is 10.2 Å². The molecule has 0 radical (unpaired) electrons. The minimum Gasteiger partial charge on any atom is -0.463 e. The fourth-order valence-corrected chi connectivity index (χ4v) is 3.25. The average Bonchev–Trinajstić information content (AvgIpc) is 2.65. The summed E-state index contributed by atoms with van der Waals surface area (Å²) in [6.07, 6.45) is 0.111. The second kappa shape index (κ2) is 10.0. The fourth-order valence-electron chi connectivity index (χ4n) is 3.25. The molecule has 2 amide bonds. The van der Waals surface area contributed by atoms with Gasteiger partial charge in [0.2, 0.25) is 11.8 Å². The van der Waals surface area contributed by atoms with Crippen LogP contribution in [0, 0.1) is 6.92 Å². The third kappa shape index (κ3) is 5.19. The molecular weight excluding hydrogens is 360 g/mol. The highest BCUT2D eigenvalue weighted by atomic mass is 16.5. The third-order valence-electron chi connectivity index (χ3n) is 4.73. The Labute approximate surface area is 165 Å². The Morgan fingerprint density at radius 1 is 1.21 bits per heavy atom. The molecule has 7 nitrogen and oxygen atoms in total. The van der Waals surface area contributed by atoms with Crippen molar-refractivity contribution in [2.45, 2.75) is 33.1 Å². The molecule has 0 fully saturated rings. The van der Waals surface area contributed by atoms with E-state index in [9.17, 15) is 14.4 Å². The first-order chi connectivity index (χ1) is 13.4. The van der Waals surface area contributed by atoms with E-state index in [1.165, 1.54) is 4.90 Å². The highest BCUT2D eigenvalue weighted by Gasteiger charge is 2.37. The molecule has 1 aliphatic rings. The lowest BCUT2D eigenvalue weighted by atomic mass is 9.83. The van der Waals surface area contributed by atoms with E-state index in [2.05, 4.69) is 5.32 Å². The van der Waals surface area contributed by atoms with Gasteiger partial charge in [-0.3, -0.25) is 9.59 Å². The molecule has 1 N–H and O–H groups in total. The van der Waals surface area contributed by atoms with Crippen molar-refractivity contribution >= 4 is 17.8 Å². The smallest absolute Gasteiger partial charge is 0.336 e. The first kappa shape index (κ1) is 21.6. The molecule has 28 heavy (non-hydrogen) atoms. The molecule has 2 rings (SSSR count). The summed E-state index contributed by atoms with van der Waals surface area (Å²) < 4.78 is 10.1. The van der Waals surface area contributed by atoms with Crippen LogP contribution >= 0.6 is 0 Å². The predicted octanol–water partition coefficient (Wildman–Crippen LogP) is 1.91. The van der Waals surface area contributed by atoms with Crippen LogP contribution in [0.1, 0.15) is 37.3 Å². The van der Waals surface area contributed by atoms with Crippen LogP contribution in [-0.4, -0.2) is 56.1 Å². The van der Waals surface area contributed by atoms with E-state index >= 15 is 0 Å². The standard InChI is InChI=1S/C21H28N2O5/c1-5-28-21(26)20-15(3)23(13-18(24)22-10-11-27-4)19(25)12-17(20)16-8-6-14(2)7-9-16/h6-9,17H,5,10-13H2,1-4H3,(H,22,24). The van der Waals surface area contributed by atoms with Crippen molar-refractivity contribution < 1.29 is 23.9 Å². The summed E-state index contributed by atoms with van der Waals surface area (Å²) in [4.78, 5) is 39.0. The van der Waals surface area contributed by atoms with Gasteiger partial charge >= 0.3 is 5.97 Å². The number of nitrogens with zero attached hydrogens (tertiary/aromatic N) is 1. The molecular formula is C21H28N2O5. The Morgan fingerprint density at radius 3 is 2.50 bits per heavy atom. The van der Waals surface area contributed by atoms with E-state index in [1.807, 2.05) is 31.2 Å². The van der Waals surface area contributed by atoms with Crippen LogP contribution in [0.5, 0.6) is 0 Å². The zero-order valence-electron chi connectivity index (χ0n) is 16.9. The lowest BCUT2D eigenvalue weighted by Gasteiger charge is -2.34. The normalized spacial score (nSPS) is 16.9. The Kier molecular flexibility index (Phi) is 7.75. The number of benzene rings is 1. The molecule has 7 heteroatoms. The Bertz CT molecular complexity index is 755. The lowest BCUT2D eigenvalue weighted by Crippen LogP contribution is -2.44. The van der Waals surface area contributed by atoms with Gasteiger partial charge in [-0.05, 0) is 26.3 Å². The SMILES string of the molecule is CCOC(=O)C1=C(C)N(CC(=O)NCCOC)C(=O)CC1c1ccc(C)cc1. The Balaban J connectivity index is 2.33. The number of nitrogens with one attached hydrogen (secondary N) is 1. The quantitative estimate of drug-likeness (QED) is 0.543. The summed E-state index contributed by atoms with van der Waals surface area (Å²) in [5, 5.41) is 2.69. The van der Waals surface area contributed by atoms with E-state index in [1.54, 1.807) is 21.0 Å². The van der Waals surface area contributed by atoms with Gasteiger partial charge in [0.15, 0.2) is 0 Å². The summed E-state index contributed by atoms with van der Waals surface area (Å²) >= 11 is 0. The van der Waals surface area contributed by atoms with Crippen molar-refractivity contribution in [3.8, 4) is 0 Å². The number of amides is 2. The van der Waals surface area contributed by atoms with Crippen molar-refractivity contribution in [2.75, 3.05) is 33.4 Å². The van der Waals surface area contributed by atoms with Gasteiger partial charge in [-0.1, -0.05) is 29.8 Å². The number of carbonyl (C=O) groups is 3. The Morgan fingerprint density at radius 2 is 1.89 bits per heavy atom. The number of aryl methyl sites for hydroxylation is 1. The molecule has 152 valence electrons. The summed E-state index contributed by atoms with van der Waals surface area (Å²) in [6.45, 7) is 6.25. The van der Waals surface area contributed by atoms with Crippen LogP contribution < -0.4 is 5.32 Å². The fraction of sp³-hybridized carbons (Fsp3) is 0.476. The maximum atomic E-state index is 12.8.